The van der Waals surface area contributed by atoms with Crippen LogP contribution in [-0.4, -0.2) is 20.7 Å². The Bertz CT molecular complexity index is 944. The lowest BCUT2D eigenvalue weighted by Gasteiger charge is -2.10. The van der Waals surface area contributed by atoms with Crippen LogP contribution in [0.25, 0.3) is 0 Å². The highest BCUT2D eigenvalue weighted by Gasteiger charge is 2.31. The van der Waals surface area contributed by atoms with E-state index in [0.29, 0.717) is 4.88 Å². The first-order chi connectivity index (χ1) is 13.6. The van der Waals surface area contributed by atoms with Gasteiger partial charge in [0.25, 0.3) is 15.9 Å². The van der Waals surface area contributed by atoms with E-state index < -0.39 is 28.0 Å². The summed E-state index contributed by atoms with van der Waals surface area (Å²) in [5.74, 6) is -1.13. The minimum Gasteiger partial charge on any atom is -0.406 e. The van der Waals surface area contributed by atoms with Gasteiger partial charge in [-0.05, 0) is 61.6 Å². The number of hydrazine groups is 1. The zero-order valence-electron chi connectivity index (χ0n) is 15.2. The average Bonchev–Trinajstić information content (AvgIpc) is 3.01. The molecule has 0 aliphatic heterocycles. The first-order valence-corrected chi connectivity index (χ1v) is 11.2. The number of rotatable bonds is 5. The molecule has 0 atom stereocenters. The SMILES string of the molecule is O=C(NNS(=O)(=O)c1ccc(OC(F)(F)F)cc1)c1cc2c(s1)CCCCCC2. The molecule has 0 saturated carbocycles. The fourth-order valence-corrected chi connectivity index (χ4v) is 5.00. The molecule has 0 fully saturated rings. The second kappa shape index (κ2) is 8.72. The van der Waals surface area contributed by atoms with E-state index in [0.717, 1.165) is 73.2 Å². The zero-order valence-corrected chi connectivity index (χ0v) is 16.8. The van der Waals surface area contributed by atoms with Crippen LogP contribution in [0.15, 0.2) is 35.2 Å². The number of carbonyl (C=O) groups is 1. The lowest BCUT2D eigenvalue weighted by molar-refractivity contribution is -0.274. The molecular formula is C18H19F3N2O4S2. The van der Waals surface area contributed by atoms with Gasteiger partial charge in [0.05, 0.1) is 9.77 Å². The normalized spacial score (nSPS) is 15.1. The van der Waals surface area contributed by atoms with Crippen molar-refractivity contribution in [2.45, 2.75) is 49.8 Å². The van der Waals surface area contributed by atoms with E-state index in [2.05, 4.69) is 10.2 Å². The van der Waals surface area contributed by atoms with Crippen LogP contribution < -0.4 is 15.0 Å². The molecule has 2 N–H and O–H groups in total. The molecule has 1 amide bonds. The van der Waals surface area contributed by atoms with Crippen LogP contribution in [-0.2, 0) is 22.9 Å². The van der Waals surface area contributed by atoms with Crippen LogP contribution in [0.2, 0.25) is 0 Å². The van der Waals surface area contributed by atoms with E-state index in [1.807, 2.05) is 4.83 Å². The minimum absolute atomic E-state index is 0.314. The second-order valence-electron chi connectivity index (χ2n) is 6.55. The lowest BCUT2D eigenvalue weighted by Crippen LogP contribution is -2.41. The smallest absolute Gasteiger partial charge is 0.406 e. The Kier molecular flexibility index (Phi) is 6.49. The summed E-state index contributed by atoms with van der Waals surface area (Å²) in [5.41, 5.74) is 3.28. The number of ether oxygens (including phenoxy) is 1. The number of thiophene rings is 1. The van der Waals surface area contributed by atoms with Gasteiger partial charge in [-0.1, -0.05) is 12.8 Å². The molecule has 1 aliphatic rings. The third kappa shape index (κ3) is 5.94. The van der Waals surface area contributed by atoms with Crippen molar-refractivity contribution in [3.8, 4) is 5.75 Å². The quantitative estimate of drug-likeness (QED) is 0.679. The van der Waals surface area contributed by atoms with Gasteiger partial charge in [-0.3, -0.25) is 10.2 Å². The van der Waals surface area contributed by atoms with Crippen LogP contribution >= 0.6 is 11.3 Å². The van der Waals surface area contributed by atoms with Crippen molar-refractivity contribution in [2.24, 2.45) is 0 Å². The molecule has 0 unspecified atom stereocenters. The van der Waals surface area contributed by atoms with Gasteiger partial charge in [-0.2, -0.15) is 0 Å². The summed E-state index contributed by atoms with van der Waals surface area (Å²) in [7, 11) is -4.15. The van der Waals surface area contributed by atoms with Crippen molar-refractivity contribution in [3.63, 3.8) is 0 Å². The van der Waals surface area contributed by atoms with Crippen LogP contribution in [0.5, 0.6) is 5.75 Å². The van der Waals surface area contributed by atoms with Crippen LogP contribution in [0.4, 0.5) is 13.2 Å². The summed E-state index contributed by atoms with van der Waals surface area (Å²) in [5, 5.41) is 0. The third-order valence-electron chi connectivity index (χ3n) is 4.39. The molecule has 0 spiro atoms. The summed E-state index contributed by atoms with van der Waals surface area (Å²) < 4.78 is 64.8. The molecule has 1 heterocycles. The van der Waals surface area contributed by atoms with Gasteiger partial charge in [-0.25, -0.2) is 8.42 Å². The van der Waals surface area contributed by atoms with Gasteiger partial charge < -0.3 is 4.74 Å². The Morgan fingerprint density at radius 3 is 2.34 bits per heavy atom. The number of benzene rings is 1. The number of aryl methyl sites for hydroxylation is 2. The number of hydrogen-bond donors (Lipinski definition) is 2. The van der Waals surface area contributed by atoms with E-state index >= 15 is 0 Å². The summed E-state index contributed by atoms with van der Waals surface area (Å²) in [6, 6.07) is 5.45. The van der Waals surface area contributed by atoms with Gasteiger partial charge >= 0.3 is 6.36 Å². The first kappa shape index (κ1) is 21.6. The van der Waals surface area contributed by atoms with E-state index in [9.17, 15) is 26.4 Å². The highest BCUT2D eigenvalue weighted by Crippen LogP contribution is 2.28. The summed E-state index contributed by atoms with van der Waals surface area (Å²) in [4.78, 5) is 15.6. The molecule has 1 aromatic heterocycles. The van der Waals surface area contributed by atoms with Crippen LogP contribution in [0, 0.1) is 0 Å². The van der Waals surface area contributed by atoms with Gasteiger partial charge in [0, 0.05) is 4.88 Å². The zero-order chi connectivity index (χ0) is 21.1. The second-order valence-corrected chi connectivity index (χ2v) is 9.37. The van der Waals surface area contributed by atoms with Crippen molar-refractivity contribution < 1.29 is 31.1 Å². The maximum Gasteiger partial charge on any atom is 0.573 e. The predicted molar refractivity (Wildman–Crippen MR) is 101 cm³/mol. The Hall–Kier alpha value is -2.11. The molecule has 6 nitrogen and oxygen atoms in total. The largest absolute Gasteiger partial charge is 0.573 e. The third-order valence-corrected chi connectivity index (χ3v) is 6.89. The van der Waals surface area contributed by atoms with Gasteiger partial charge in [0.1, 0.15) is 5.75 Å². The summed E-state index contributed by atoms with van der Waals surface area (Å²) >= 11 is 1.35. The van der Waals surface area contributed by atoms with Gasteiger partial charge in [-0.15, -0.1) is 29.3 Å². The number of fused-ring (bicyclic) bond motifs is 1. The number of sulfonamides is 1. The first-order valence-electron chi connectivity index (χ1n) is 8.93. The van der Waals surface area contributed by atoms with Crippen molar-refractivity contribution in [1.29, 1.82) is 0 Å². The molecule has 11 heteroatoms. The molecule has 0 bridgehead atoms. The highest BCUT2D eigenvalue weighted by atomic mass is 32.2. The monoisotopic (exact) mass is 448 g/mol. The van der Waals surface area contributed by atoms with Crippen LogP contribution in [0.3, 0.4) is 0 Å². The van der Waals surface area contributed by atoms with E-state index in [4.69, 9.17) is 0 Å². The maximum atomic E-state index is 12.4. The number of alkyl halides is 3. The summed E-state index contributed by atoms with van der Waals surface area (Å²) in [6.07, 6.45) is 1.38. The Morgan fingerprint density at radius 2 is 1.69 bits per heavy atom. The molecular weight excluding hydrogens is 429 g/mol. The van der Waals surface area contributed by atoms with E-state index in [1.54, 1.807) is 6.07 Å². The molecule has 29 heavy (non-hydrogen) atoms. The number of halogens is 3. The topological polar surface area (TPSA) is 84.5 Å². The van der Waals surface area contributed by atoms with Crippen molar-refractivity contribution >= 4 is 27.3 Å². The molecule has 158 valence electrons. The lowest BCUT2D eigenvalue weighted by atomic mass is 10.00. The van der Waals surface area contributed by atoms with Crippen molar-refractivity contribution in [1.82, 2.24) is 10.3 Å². The number of carbonyl (C=O) groups excluding carboxylic acids is 1. The van der Waals surface area contributed by atoms with Crippen molar-refractivity contribution in [2.75, 3.05) is 0 Å². The Labute approximate surface area is 170 Å². The van der Waals surface area contributed by atoms with E-state index in [-0.39, 0.29) is 4.90 Å². The minimum atomic E-state index is -4.87. The van der Waals surface area contributed by atoms with Gasteiger partial charge in [0.2, 0.25) is 0 Å². The summed E-state index contributed by atoms with van der Waals surface area (Å²) in [6.45, 7) is 0. The molecule has 0 radical (unpaired) electrons. The Balaban J connectivity index is 1.64. The molecule has 2 aromatic rings. The fourth-order valence-electron chi connectivity index (χ4n) is 3.01. The molecule has 0 saturated heterocycles. The predicted octanol–water partition coefficient (Wildman–Crippen LogP) is 3.93. The molecule has 1 aromatic carbocycles. The number of amides is 1. The van der Waals surface area contributed by atoms with Gasteiger partial charge in [0.15, 0.2) is 0 Å². The Morgan fingerprint density at radius 1 is 1.03 bits per heavy atom. The molecule has 3 rings (SSSR count). The van der Waals surface area contributed by atoms with Crippen molar-refractivity contribution in [3.05, 3.63) is 45.6 Å². The average molecular weight is 448 g/mol. The maximum absolute atomic E-state index is 12.4. The fraction of sp³-hybridized carbons (Fsp3) is 0.389. The standard InChI is InChI=1S/C18H19F3N2O4S2/c19-18(20,21)27-13-7-9-14(10-8-13)29(25,26)23-22-17(24)16-11-12-5-3-1-2-4-6-15(12)28-16/h7-11,23H,1-6H2,(H,22,24). The number of hydrogen-bond acceptors (Lipinski definition) is 5. The molecule has 1 aliphatic carbocycles. The van der Waals surface area contributed by atoms with Crippen LogP contribution in [0.1, 0.15) is 45.8 Å². The number of nitrogens with one attached hydrogen (secondary N) is 2. The highest BCUT2D eigenvalue weighted by molar-refractivity contribution is 7.89. The van der Waals surface area contributed by atoms with E-state index in [1.165, 1.54) is 11.3 Å².